The lowest BCUT2D eigenvalue weighted by Gasteiger charge is -2.24. The van der Waals surface area contributed by atoms with Gasteiger partial charge in [-0.2, -0.15) is 0 Å². The van der Waals surface area contributed by atoms with Crippen molar-refractivity contribution in [3.63, 3.8) is 0 Å². The molecule has 88 valence electrons. The van der Waals surface area contributed by atoms with Crippen LogP contribution in [-0.4, -0.2) is 23.1 Å². The molecule has 3 nitrogen and oxygen atoms in total. The third-order valence-electron chi connectivity index (χ3n) is 2.99. The summed E-state index contributed by atoms with van der Waals surface area (Å²) in [6, 6.07) is 4.66. The van der Waals surface area contributed by atoms with Gasteiger partial charge < -0.3 is 10.3 Å². The van der Waals surface area contributed by atoms with Crippen molar-refractivity contribution in [2.75, 3.05) is 13.1 Å². The average molecular weight is 252 g/mol. The van der Waals surface area contributed by atoms with E-state index < -0.39 is 5.82 Å². The van der Waals surface area contributed by atoms with Crippen molar-refractivity contribution >= 4 is 11.6 Å². The fourth-order valence-corrected chi connectivity index (χ4v) is 2.02. The first-order valence-corrected chi connectivity index (χ1v) is 5.83. The van der Waals surface area contributed by atoms with Gasteiger partial charge in [0.05, 0.1) is 16.9 Å². The minimum absolute atomic E-state index is 0.129. The van der Waals surface area contributed by atoms with E-state index in [0.29, 0.717) is 5.92 Å². The van der Waals surface area contributed by atoms with E-state index in [1.54, 1.807) is 18.3 Å². The smallest absolute Gasteiger partial charge is 0.141 e. The normalized spacial score (nSPS) is 15.9. The van der Waals surface area contributed by atoms with Crippen molar-refractivity contribution in [3.05, 3.63) is 41.1 Å². The van der Waals surface area contributed by atoms with E-state index in [-0.39, 0.29) is 5.02 Å². The average Bonchev–Trinajstić information content (AvgIpc) is 2.69. The maximum absolute atomic E-state index is 13.0. The Bertz CT molecular complexity index is 548. The number of H-pyrrole nitrogens is 1. The summed E-state index contributed by atoms with van der Waals surface area (Å²) in [6.07, 6.45) is 1.76. The van der Waals surface area contributed by atoms with Crippen molar-refractivity contribution in [1.29, 1.82) is 0 Å². The monoisotopic (exact) mass is 251 g/mol. The summed E-state index contributed by atoms with van der Waals surface area (Å²) in [5.41, 5.74) is 1.72. The molecule has 1 aliphatic heterocycles. The van der Waals surface area contributed by atoms with Gasteiger partial charge in [-0.3, -0.25) is 0 Å². The number of halogens is 2. The van der Waals surface area contributed by atoms with E-state index in [2.05, 4.69) is 15.3 Å². The zero-order chi connectivity index (χ0) is 11.8. The molecule has 5 heteroatoms. The van der Waals surface area contributed by atoms with Crippen LogP contribution in [0.1, 0.15) is 11.7 Å². The number of hydrogen-bond acceptors (Lipinski definition) is 2. The molecule has 2 heterocycles. The van der Waals surface area contributed by atoms with Crippen LogP contribution in [0, 0.1) is 5.82 Å². The van der Waals surface area contributed by atoms with Gasteiger partial charge in [0.1, 0.15) is 11.6 Å². The van der Waals surface area contributed by atoms with Gasteiger partial charge in [-0.1, -0.05) is 11.6 Å². The third kappa shape index (κ3) is 1.94. The van der Waals surface area contributed by atoms with Crippen LogP contribution < -0.4 is 5.32 Å². The predicted molar refractivity (Wildman–Crippen MR) is 64.6 cm³/mol. The summed E-state index contributed by atoms with van der Waals surface area (Å²) >= 11 is 5.75. The van der Waals surface area contributed by atoms with Crippen molar-refractivity contribution in [2.24, 2.45) is 0 Å². The van der Waals surface area contributed by atoms with Gasteiger partial charge >= 0.3 is 0 Å². The molecular weight excluding hydrogens is 241 g/mol. The molecule has 0 saturated carbocycles. The summed E-state index contributed by atoms with van der Waals surface area (Å²) in [6.45, 7) is 1.91. The highest BCUT2D eigenvalue weighted by Crippen LogP contribution is 2.25. The van der Waals surface area contributed by atoms with Crippen molar-refractivity contribution in [2.45, 2.75) is 5.92 Å². The Morgan fingerprint density at radius 1 is 1.35 bits per heavy atom. The Morgan fingerprint density at radius 3 is 2.82 bits per heavy atom. The topological polar surface area (TPSA) is 40.7 Å². The fraction of sp³-hybridized carbons (Fsp3) is 0.250. The lowest BCUT2D eigenvalue weighted by molar-refractivity contribution is 0.433. The summed E-state index contributed by atoms with van der Waals surface area (Å²) in [5.74, 6) is 1.03. The second kappa shape index (κ2) is 4.13. The molecule has 3 rings (SSSR count). The number of imidazole rings is 1. The van der Waals surface area contributed by atoms with Crippen LogP contribution in [0.3, 0.4) is 0 Å². The Balaban J connectivity index is 1.92. The first kappa shape index (κ1) is 10.7. The van der Waals surface area contributed by atoms with Crippen LogP contribution in [0.15, 0.2) is 24.4 Å². The molecule has 1 saturated heterocycles. The van der Waals surface area contributed by atoms with Crippen LogP contribution in [0.25, 0.3) is 11.3 Å². The molecule has 0 unspecified atom stereocenters. The van der Waals surface area contributed by atoms with Gasteiger partial charge in [-0.05, 0) is 18.2 Å². The van der Waals surface area contributed by atoms with E-state index in [0.717, 1.165) is 30.2 Å². The first-order valence-electron chi connectivity index (χ1n) is 5.45. The number of aromatic nitrogens is 2. The highest BCUT2D eigenvalue weighted by Gasteiger charge is 2.21. The minimum Gasteiger partial charge on any atom is -0.342 e. The summed E-state index contributed by atoms with van der Waals surface area (Å²) in [5, 5.41) is 3.32. The SMILES string of the molecule is Fc1ccc(-c2cnc(C3CNC3)[nH]2)cc1Cl. The van der Waals surface area contributed by atoms with E-state index in [4.69, 9.17) is 11.6 Å². The molecule has 1 aliphatic rings. The van der Waals surface area contributed by atoms with E-state index >= 15 is 0 Å². The number of hydrogen-bond donors (Lipinski definition) is 2. The molecule has 0 amide bonds. The molecule has 1 aromatic heterocycles. The van der Waals surface area contributed by atoms with Crippen molar-refractivity contribution < 1.29 is 4.39 Å². The molecule has 17 heavy (non-hydrogen) atoms. The number of nitrogens with one attached hydrogen (secondary N) is 2. The molecule has 0 aliphatic carbocycles. The Hall–Kier alpha value is -1.39. The Kier molecular flexibility index (Phi) is 2.61. The maximum Gasteiger partial charge on any atom is 0.141 e. The van der Waals surface area contributed by atoms with E-state index in [1.165, 1.54) is 6.07 Å². The van der Waals surface area contributed by atoms with Gasteiger partial charge in [-0.15, -0.1) is 0 Å². The number of rotatable bonds is 2. The molecule has 0 spiro atoms. The van der Waals surface area contributed by atoms with E-state index in [1.807, 2.05) is 0 Å². The summed E-state index contributed by atoms with van der Waals surface area (Å²) < 4.78 is 13.0. The molecular formula is C12H11ClFN3. The largest absolute Gasteiger partial charge is 0.342 e. The quantitative estimate of drug-likeness (QED) is 0.861. The van der Waals surface area contributed by atoms with Gasteiger partial charge in [0.25, 0.3) is 0 Å². The zero-order valence-electron chi connectivity index (χ0n) is 9.00. The standard InChI is InChI=1S/C12H11ClFN3/c13-9-3-7(1-2-10(9)14)11-6-16-12(17-11)8-4-15-5-8/h1-3,6,8,15H,4-5H2,(H,16,17). The summed E-state index contributed by atoms with van der Waals surface area (Å²) in [4.78, 5) is 7.58. The van der Waals surface area contributed by atoms with Crippen LogP contribution in [0.4, 0.5) is 4.39 Å². The second-order valence-electron chi connectivity index (χ2n) is 4.17. The summed E-state index contributed by atoms with van der Waals surface area (Å²) in [7, 11) is 0. The molecule has 2 aromatic rings. The number of aromatic amines is 1. The fourth-order valence-electron chi connectivity index (χ4n) is 1.84. The zero-order valence-corrected chi connectivity index (χ0v) is 9.76. The highest BCUT2D eigenvalue weighted by atomic mass is 35.5. The van der Waals surface area contributed by atoms with Crippen molar-refractivity contribution in [1.82, 2.24) is 15.3 Å². The van der Waals surface area contributed by atoms with Crippen LogP contribution in [-0.2, 0) is 0 Å². The molecule has 0 radical (unpaired) electrons. The van der Waals surface area contributed by atoms with Gasteiger partial charge in [-0.25, -0.2) is 9.37 Å². The molecule has 1 fully saturated rings. The molecule has 2 N–H and O–H groups in total. The van der Waals surface area contributed by atoms with Crippen LogP contribution >= 0.6 is 11.6 Å². The maximum atomic E-state index is 13.0. The number of nitrogens with zero attached hydrogens (tertiary/aromatic N) is 1. The molecule has 0 atom stereocenters. The lowest BCUT2D eigenvalue weighted by Crippen LogP contribution is -2.40. The van der Waals surface area contributed by atoms with Gasteiger partial charge in [0.15, 0.2) is 0 Å². The highest BCUT2D eigenvalue weighted by molar-refractivity contribution is 6.31. The van der Waals surface area contributed by atoms with E-state index in [9.17, 15) is 4.39 Å². The van der Waals surface area contributed by atoms with Gasteiger partial charge in [0.2, 0.25) is 0 Å². The lowest BCUT2D eigenvalue weighted by atomic mass is 10.0. The Labute approximate surface area is 103 Å². The van der Waals surface area contributed by atoms with Crippen LogP contribution in [0.5, 0.6) is 0 Å². The minimum atomic E-state index is -0.404. The third-order valence-corrected chi connectivity index (χ3v) is 3.28. The first-order chi connectivity index (χ1) is 8.24. The van der Waals surface area contributed by atoms with Gasteiger partial charge in [0, 0.05) is 24.6 Å². The van der Waals surface area contributed by atoms with Crippen molar-refractivity contribution in [3.8, 4) is 11.3 Å². The van der Waals surface area contributed by atoms with Crippen LogP contribution in [0.2, 0.25) is 5.02 Å². The molecule has 1 aromatic carbocycles. The molecule has 0 bridgehead atoms. The second-order valence-corrected chi connectivity index (χ2v) is 4.57. The Morgan fingerprint density at radius 2 is 2.18 bits per heavy atom. The predicted octanol–water partition coefficient (Wildman–Crippen LogP) is 2.56. The number of benzene rings is 1.